The number of amides is 2. The number of rotatable bonds is 3. The molecule has 0 N–H and O–H groups in total. The molecule has 0 bridgehead atoms. The first-order valence-corrected chi connectivity index (χ1v) is 8.71. The van der Waals surface area contributed by atoms with Crippen LogP contribution in [-0.4, -0.2) is 71.2 Å². The number of hydrogen-bond acceptors (Lipinski definition) is 6. The molecule has 0 aliphatic carbocycles. The van der Waals surface area contributed by atoms with E-state index in [2.05, 4.69) is 9.97 Å². The lowest BCUT2D eigenvalue weighted by Gasteiger charge is -2.21. The first-order valence-electron chi connectivity index (χ1n) is 8.71. The molecule has 2 amide bonds. The largest absolute Gasteiger partial charge is 0.481 e. The van der Waals surface area contributed by atoms with Crippen molar-refractivity contribution in [1.29, 1.82) is 0 Å². The van der Waals surface area contributed by atoms with Gasteiger partial charge in [-0.3, -0.25) is 4.79 Å². The quantitative estimate of drug-likeness (QED) is 0.822. The normalized spacial score (nSPS) is 21.6. The van der Waals surface area contributed by atoms with E-state index in [0.717, 1.165) is 5.56 Å². The fourth-order valence-corrected chi connectivity index (χ4v) is 3.56. The molecule has 4 rings (SSSR count). The highest BCUT2D eigenvalue weighted by molar-refractivity contribution is 5.95. The van der Waals surface area contributed by atoms with E-state index < -0.39 is 5.60 Å². The molecule has 2 saturated heterocycles. The number of likely N-dealkylation sites (tertiary alicyclic amines) is 1. The predicted octanol–water partition coefficient (Wildman–Crippen LogP) is 1.82. The number of methoxy groups -OCH3 is 1. The van der Waals surface area contributed by atoms with Crippen LogP contribution in [0.15, 0.2) is 36.5 Å². The van der Waals surface area contributed by atoms with Crippen LogP contribution in [0.4, 0.5) is 4.79 Å². The van der Waals surface area contributed by atoms with Crippen molar-refractivity contribution in [1.82, 2.24) is 19.8 Å². The van der Waals surface area contributed by atoms with E-state index >= 15 is 0 Å². The van der Waals surface area contributed by atoms with Gasteiger partial charge in [0.1, 0.15) is 0 Å². The molecular weight excluding hydrogens is 348 g/mol. The number of likely N-dealkylation sites (N-methyl/N-ethyl adjacent to an activating group) is 1. The molecule has 8 nitrogen and oxygen atoms in total. The minimum absolute atomic E-state index is 0.0735. The Kier molecular flexibility index (Phi) is 4.18. The lowest BCUT2D eigenvalue weighted by Crippen LogP contribution is -2.39. The third-order valence-electron chi connectivity index (χ3n) is 4.97. The molecule has 2 fully saturated rings. The number of carbonyl (C=O) groups is 2. The van der Waals surface area contributed by atoms with Gasteiger partial charge in [-0.25, -0.2) is 9.78 Å². The zero-order chi connectivity index (χ0) is 19.0. The third kappa shape index (κ3) is 3.18. The molecule has 1 atom stereocenters. The molecule has 2 aromatic rings. The van der Waals surface area contributed by atoms with Crippen LogP contribution in [0.2, 0.25) is 0 Å². The molecule has 1 aromatic heterocycles. The predicted molar refractivity (Wildman–Crippen MR) is 96.4 cm³/mol. The molecule has 140 valence electrons. The SMILES string of the molecule is COc1ccnc(-c2ccc(C(=O)N3CCC4(CN(C)C(=O)O4)C3)cc2)n1. The van der Waals surface area contributed by atoms with Gasteiger partial charge in [-0.2, -0.15) is 4.98 Å². The lowest BCUT2D eigenvalue weighted by atomic mass is 10.0. The van der Waals surface area contributed by atoms with Gasteiger partial charge in [0.25, 0.3) is 5.91 Å². The fraction of sp³-hybridized carbons (Fsp3) is 0.368. The number of hydrogen-bond donors (Lipinski definition) is 0. The third-order valence-corrected chi connectivity index (χ3v) is 4.97. The summed E-state index contributed by atoms with van der Waals surface area (Å²) >= 11 is 0. The molecule has 0 radical (unpaired) electrons. The van der Waals surface area contributed by atoms with Crippen LogP contribution in [0.25, 0.3) is 11.4 Å². The molecular formula is C19H20N4O4. The molecule has 27 heavy (non-hydrogen) atoms. The van der Waals surface area contributed by atoms with Crippen LogP contribution in [-0.2, 0) is 4.74 Å². The Bertz CT molecular complexity index is 886. The molecule has 2 aliphatic heterocycles. The topological polar surface area (TPSA) is 84.9 Å². The standard InChI is InChI=1S/C19H20N4O4/c1-22-11-19(27-18(22)25)8-10-23(12-19)17(24)14-5-3-13(4-6-14)16-20-9-7-15(21-16)26-2/h3-7,9H,8,10-12H2,1-2H3. The Hall–Kier alpha value is -3.16. The summed E-state index contributed by atoms with van der Waals surface area (Å²) in [6.45, 7) is 1.51. The average Bonchev–Trinajstić information content (AvgIpc) is 3.23. The van der Waals surface area contributed by atoms with Gasteiger partial charge in [0.15, 0.2) is 11.4 Å². The summed E-state index contributed by atoms with van der Waals surface area (Å²) in [6, 6.07) is 8.84. The van der Waals surface area contributed by atoms with Crippen molar-refractivity contribution in [2.24, 2.45) is 0 Å². The Balaban J connectivity index is 1.48. The molecule has 2 aliphatic rings. The Morgan fingerprint density at radius 2 is 2.00 bits per heavy atom. The van der Waals surface area contributed by atoms with E-state index in [-0.39, 0.29) is 12.0 Å². The van der Waals surface area contributed by atoms with Gasteiger partial charge in [0, 0.05) is 43.4 Å². The van der Waals surface area contributed by atoms with Crippen LogP contribution in [0, 0.1) is 0 Å². The van der Waals surface area contributed by atoms with E-state index in [1.54, 1.807) is 48.4 Å². The molecule has 1 spiro atoms. The van der Waals surface area contributed by atoms with Crippen LogP contribution in [0.1, 0.15) is 16.8 Å². The second kappa shape index (κ2) is 6.53. The van der Waals surface area contributed by atoms with Gasteiger partial charge >= 0.3 is 6.09 Å². The Morgan fingerprint density at radius 1 is 1.22 bits per heavy atom. The van der Waals surface area contributed by atoms with Gasteiger partial charge in [-0.15, -0.1) is 0 Å². The molecule has 8 heteroatoms. The van der Waals surface area contributed by atoms with Crippen molar-refractivity contribution in [3.8, 4) is 17.3 Å². The molecule has 1 unspecified atom stereocenters. The molecule has 3 heterocycles. The second-order valence-corrected chi connectivity index (χ2v) is 6.88. The minimum atomic E-state index is -0.574. The maximum atomic E-state index is 12.8. The van der Waals surface area contributed by atoms with Gasteiger partial charge in [0.05, 0.1) is 20.2 Å². The zero-order valence-electron chi connectivity index (χ0n) is 15.2. The summed E-state index contributed by atoms with van der Waals surface area (Å²) in [4.78, 5) is 36.3. The van der Waals surface area contributed by atoms with Crippen molar-refractivity contribution in [3.63, 3.8) is 0 Å². The highest BCUT2D eigenvalue weighted by atomic mass is 16.6. The van der Waals surface area contributed by atoms with Gasteiger partial charge < -0.3 is 19.3 Å². The van der Waals surface area contributed by atoms with E-state index in [1.807, 2.05) is 12.1 Å². The smallest absolute Gasteiger partial charge is 0.410 e. The maximum absolute atomic E-state index is 12.8. The Labute approximate surface area is 156 Å². The summed E-state index contributed by atoms with van der Waals surface area (Å²) in [5.41, 5.74) is 0.807. The van der Waals surface area contributed by atoms with E-state index in [0.29, 0.717) is 43.3 Å². The van der Waals surface area contributed by atoms with Crippen LogP contribution in [0.5, 0.6) is 5.88 Å². The number of ether oxygens (including phenoxy) is 2. The number of benzene rings is 1. The minimum Gasteiger partial charge on any atom is -0.481 e. The van der Waals surface area contributed by atoms with Crippen molar-refractivity contribution >= 4 is 12.0 Å². The Morgan fingerprint density at radius 3 is 2.67 bits per heavy atom. The highest BCUT2D eigenvalue weighted by Gasteiger charge is 2.49. The highest BCUT2D eigenvalue weighted by Crippen LogP contribution is 2.32. The first kappa shape index (κ1) is 17.3. The molecule has 0 saturated carbocycles. The zero-order valence-corrected chi connectivity index (χ0v) is 15.2. The lowest BCUT2D eigenvalue weighted by molar-refractivity contribution is 0.0553. The van der Waals surface area contributed by atoms with Crippen LogP contribution < -0.4 is 4.74 Å². The van der Waals surface area contributed by atoms with E-state index in [4.69, 9.17) is 9.47 Å². The summed E-state index contributed by atoms with van der Waals surface area (Å²) in [6.07, 6.45) is 1.96. The number of nitrogens with zero attached hydrogens (tertiary/aromatic N) is 4. The first-order chi connectivity index (χ1) is 13.0. The average molecular weight is 368 g/mol. The van der Waals surface area contributed by atoms with Crippen molar-refractivity contribution in [2.45, 2.75) is 12.0 Å². The number of aromatic nitrogens is 2. The summed E-state index contributed by atoms with van der Waals surface area (Å²) < 4.78 is 10.6. The summed E-state index contributed by atoms with van der Waals surface area (Å²) in [7, 11) is 3.26. The van der Waals surface area contributed by atoms with Crippen molar-refractivity contribution in [3.05, 3.63) is 42.1 Å². The number of carbonyl (C=O) groups excluding carboxylic acids is 2. The van der Waals surface area contributed by atoms with Gasteiger partial charge in [0.2, 0.25) is 5.88 Å². The van der Waals surface area contributed by atoms with Gasteiger partial charge in [-0.05, 0) is 12.1 Å². The monoisotopic (exact) mass is 368 g/mol. The van der Waals surface area contributed by atoms with Crippen LogP contribution >= 0.6 is 0 Å². The van der Waals surface area contributed by atoms with Crippen LogP contribution in [0.3, 0.4) is 0 Å². The summed E-state index contributed by atoms with van der Waals surface area (Å²) in [5, 5.41) is 0. The summed E-state index contributed by atoms with van der Waals surface area (Å²) in [5.74, 6) is 0.948. The van der Waals surface area contributed by atoms with Crippen molar-refractivity contribution < 1.29 is 19.1 Å². The molecule has 1 aromatic carbocycles. The fourth-order valence-electron chi connectivity index (χ4n) is 3.56. The maximum Gasteiger partial charge on any atom is 0.410 e. The van der Waals surface area contributed by atoms with E-state index in [9.17, 15) is 9.59 Å². The van der Waals surface area contributed by atoms with E-state index in [1.165, 1.54) is 0 Å². The van der Waals surface area contributed by atoms with Gasteiger partial charge in [-0.1, -0.05) is 12.1 Å². The second-order valence-electron chi connectivity index (χ2n) is 6.88. The van der Waals surface area contributed by atoms with Crippen molar-refractivity contribution in [2.75, 3.05) is 33.8 Å².